The lowest BCUT2D eigenvalue weighted by Crippen LogP contribution is -2.68. The van der Waals surface area contributed by atoms with Crippen LogP contribution in [0.4, 0.5) is 0 Å². The van der Waals surface area contributed by atoms with Crippen LogP contribution in [0.3, 0.4) is 0 Å². The molecule has 10 nitrogen and oxygen atoms in total. The predicted octanol–water partition coefficient (Wildman–Crippen LogP) is -0.917. The van der Waals surface area contributed by atoms with Crippen molar-refractivity contribution in [3.8, 4) is 16.8 Å². The summed E-state index contributed by atoms with van der Waals surface area (Å²) in [6.07, 6.45) is 0. The van der Waals surface area contributed by atoms with Gasteiger partial charge >= 0.3 is 0 Å². The average Bonchev–Trinajstić information content (AvgIpc) is 2.77. The second-order valence-electron chi connectivity index (χ2n) is 8.47. The van der Waals surface area contributed by atoms with Crippen molar-refractivity contribution in [2.45, 2.75) is 44.4 Å². The second kappa shape index (κ2) is 11.8. The minimum Gasteiger partial charge on any atom is -0.369 e. The third kappa shape index (κ3) is 8.26. The van der Waals surface area contributed by atoms with Crippen LogP contribution in [0.15, 0.2) is 76.0 Å². The van der Waals surface area contributed by atoms with Crippen molar-refractivity contribution in [3.63, 3.8) is 0 Å². The molecule has 0 radical (unpaired) electrons. The first kappa shape index (κ1) is 29.2. The first-order valence-corrected chi connectivity index (χ1v) is 13.5. The molecule has 0 amide bonds. The zero-order valence-corrected chi connectivity index (χ0v) is 21.9. The number of pyridine rings is 1. The molecular formula is C24H29ClN4O6S. The van der Waals surface area contributed by atoms with E-state index in [1.807, 2.05) is 18.2 Å². The van der Waals surface area contributed by atoms with Crippen LogP contribution >= 0.6 is 0 Å². The van der Waals surface area contributed by atoms with Crippen LogP contribution in [0.5, 0.6) is 0 Å². The lowest BCUT2D eigenvalue weighted by atomic mass is 9.96. The highest BCUT2D eigenvalue weighted by Gasteiger charge is 2.26. The highest BCUT2D eigenvalue weighted by atomic mass is 35.7. The monoisotopic (exact) mass is 536 g/mol. The molecule has 4 N–H and O–H groups in total. The Hall–Kier alpha value is -3.06. The highest BCUT2D eigenvalue weighted by molar-refractivity contribution is 7.90. The van der Waals surface area contributed by atoms with Crippen molar-refractivity contribution < 1.29 is 41.9 Å². The summed E-state index contributed by atoms with van der Waals surface area (Å²) in [4.78, 5) is 0.0448. The molecule has 0 saturated heterocycles. The Morgan fingerprint density at radius 3 is 1.64 bits per heavy atom. The Morgan fingerprint density at radius 2 is 1.25 bits per heavy atom. The van der Waals surface area contributed by atoms with Crippen molar-refractivity contribution in [3.05, 3.63) is 78.1 Å². The predicted molar refractivity (Wildman–Crippen MR) is 125 cm³/mol. The molecule has 0 fully saturated rings. The molecule has 194 valence electrons. The van der Waals surface area contributed by atoms with Gasteiger partial charge in [0.1, 0.15) is 0 Å². The van der Waals surface area contributed by atoms with Gasteiger partial charge in [0.25, 0.3) is 10.0 Å². The SMILES string of the molecule is CC(C)c1cc(-c2ccccc2)cc(C(C)C)[n+]1-c1ccc(S(=O)(=O)N=C(N)N)cc1.[O-][Cl+3]([O-])([O-])[O-]. The first-order chi connectivity index (χ1) is 16.6. The van der Waals surface area contributed by atoms with Gasteiger partial charge in [0.2, 0.25) is 11.6 Å². The van der Waals surface area contributed by atoms with Crippen LogP contribution in [-0.2, 0) is 10.0 Å². The van der Waals surface area contributed by atoms with E-state index in [0.717, 1.165) is 28.2 Å². The number of rotatable bonds is 6. The number of halogens is 1. The van der Waals surface area contributed by atoms with Gasteiger partial charge in [-0.1, -0.05) is 58.0 Å². The third-order valence-corrected chi connectivity index (χ3v) is 6.35. The highest BCUT2D eigenvalue weighted by Crippen LogP contribution is 2.27. The van der Waals surface area contributed by atoms with E-state index in [2.05, 4.69) is 60.9 Å². The molecule has 0 saturated carbocycles. The van der Waals surface area contributed by atoms with Gasteiger partial charge in [0.05, 0.1) is 4.90 Å². The maximum absolute atomic E-state index is 12.3. The summed E-state index contributed by atoms with van der Waals surface area (Å²) >= 11 is 0. The van der Waals surface area contributed by atoms with Gasteiger partial charge in [0.15, 0.2) is 11.4 Å². The molecule has 0 aliphatic heterocycles. The lowest BCUT2D eigenvalue weighted by Gasteiger charge is -2.17. The number of hydrogen-bond donors (Lipinski definition) is 2. The average molecular weight is 537 g/mol. The normalized spacial score (nSPS) is 11.7. The van der Waals surface area contributed by atoms with Gasteiger partial charge in [0, 0.05) is 36.1 Å². The summed E-state index contributed by atoms with van der Waals surface area (Å²) in [6, 6.07) is 21.3. The van der Waals surface area contributed by atoms with Crippen molar-refractivity contribution in [2.24, 2.45) is 15.9 Å². The molecule has 1 heterocycles. The van der Waals surface area contributed by atoms with E-state index in [0.29, 0.717) is 0 Å². The standard InChI is InChI=1S/C24H29N4O2S.ClHO4/c1-16(2)22-14-19(18-8-6-5-7-9-18)15-23(17(3)4)28(22)20-10-12-21(13-11-20)31(29,30)27-24(25)26;2-1(3,4)5/h5-17H,1-4H3,(H4,25,26,27);(H,2,3,4,5)/q+1;/p-1. The fraction of sp³-hybridized carbons (Fsp3) is 0.250. The summed E-state index contributed by atoms with van der Waals surface area (Å²) in [5.74, 6) is 0.0246. The summed E-state index contributed by atoms with van der Waals surface area (Å²) in [5, 5.41) is 0. The summed E-state index contributed by atoms with van der Waals surface area (Å²) in [6.45, 7) is 8.62. The zero-order valence-electron chi connectivity index (χ0n) is 20.3. The fourth-order valence-electron chi connectivity index (χ4n) is 3.54. The molecular weight excluding hydrogens is 508 g/mol. The molecule has 0 aliphatic carbocycles. The minimum absolute atomic E-state index is 0.0448. The Morgan fingerprint density at radius 1 is 0.806 bits per heavy atom. The lowest BCUT2D eigenvalue weighted by molar-refractivity contribution is -2.00. The summed E-state index contributed by atoms with van der Waals surface area (Å²) in [7, 11) is -8.87. The molecule has 0 spiro atoms. The number of sulfonamides is 1. The van der Waals surface area contributed by atoms with E-state index in [1.165, 1.54) is 12.1 Å². The van der Waals surface area contributed by atoms with Crippen LogP contribution in [0, 0.1) is 10.2 Å². The second-order valence-corrected chi connectivity index (χ2v) is 10.8. The molecule has 0 aliphatic rings. The van der Waals surface area contributed by atoms with Crippen LogP contribution in [0.2, 0.25) is 0 Å². The van der Waals surface area contributed by atoms with Gasteiger partial charge in [-0.3, -0.25) is 0 Å². The molecule has 0 atom stereocenters. The van der Waals surface area contributed by atoms with E-state index in [-0.39, 0.29) is 16.7 Å². The third-order valence-electron chi connectivity index (χ3n) is 5.03. The Labute approximate surface area is 213 Å². The Balaban J connectivity index is 0.000000830. The number of hydrogen-bond acceptors (Lipinski definition) is 6. The number of benzene rings is 2. The molecule has 2 aromatic carbocycles. The van der Waals surface area contributed by atoms with Crippen LogP contribution < -0.4 is 34.7 Å². The minimum atomic E-state index is -4.94. The number of nitrogens with two attached hydrogens (primary N) is 2. The Bertz CT molecular complexity index is 1270. The molecule has 12 heteroatoms. The van der Waals surface area contributed by atoms with Gasteiger partial charge in [-0.2, -0.15) is 13.0 Å². The molecule has 3 aromatic rings. The van der Waals surface area contributed by atoms with Crippen molar-refractivity contribution in [2.75, 3.05) is 0 Å². The fourth-order valence-corrected chi connectivity index (χ4v) is 4.41. The largest absolute Gasteiger partial charge is 0.369 e. The molecule has 0 unspecified atom stereocenters. The molecule has 36 heavy (non-hydrogen) atoms. The van der Waals surface area contributed by atoms with Crippen LogP contribution in [0.25, 0.3) is 16.8 Å². The van der Waals surface area contributed by atoms with Gasteiger partial charge in [-0.25, -0.2) is 18.6 Å². The molecule has 3 rings (SSSR count). The van der Waals surface area contributed by atoms with Gasteiger partial charge in [-0.15, -0.1) is 14.6 Å². The zero-order chi connectivity index (χ0) is 27.3. The molecule has 0 bridgehead atoms. The van der Waals surface area contributed by atoms with E-state index >= 15 is 0 Å². The molecule has 1 aromatic heterocycles. The van der Waals surface area contributed by atoms with Crippen molar-refractivity contribution in [1.29, 1.82) is 0 Å². The van der Waals surface area contributed by atoms with E-state index in [1.54, 1.807) is 12.1 Å². The summed E-state index contributed by atoms with van der Waals surface area (Å²) in [5.41, 5.74) is 16.0. The van der Waals surface area contributed by atoms with Crippen LogP contribution in [-0.4, -0.2) is 14.4 Å². The van der Waals surface area contributed by atoms with E-state index < -0.39 is 26.2 Å². The summed E-state index contributed by atoms with van der Waals surface area (Å²) < 4.78 is 64.1. The van der Waals surface area contributed by atoms with Gasteiger partial charge in [-0.05, 0) is 23.3 Å². The number of guanidine groups is 1. The maximum atomic E-state index is 12.3. The quantitative estimate of drug-likeness (QED) is 0.229. The first-order valence-electron chi connectivity index (χ1n) is 10.8. The number of aromatic nitrogens is 1. The van der Waals surface area contributed by atoms with Crippen LogP contribution in [0.1, 0.15) is 50.9 Å². The Kier molecular flexibility index (Phi) is 9.55. The maximum Gasteiger partial charge on any atom is 0.285 e. The van der Waals surface area contributed by atoms with E-state index in [4.69, 9.17) is 30.1 Å². The smallest absolute Gasteiger partial charge is 0.285 e. The number of nitrogens with zero attached hydrogens (tertiary/aromatic N) is 2. The topological polar surface area (TPSA) is 195 Å². The van der Waals surface area contributed by atoms with Crippen molar-refractivity contribution >= 4 is 16.0 Å². The van der Waals surface area contributed by atoms with E-state index in [9.17, 15) is 8.42 Å². The van der Waals surface area contributed by atoms with Crippen molar-refractivity contribution in [1.82, 2.24) is 0 Å². The van der Waals surface area contributed by atoms with Gasteiger partial charge < -0.3 is 11.5 Å².